The van der Waals surface area contributed by atoms with Crippen molar-refractivity contribution in [1.29, 1.82) is 0 Å². The highest BCUT2D eigenvalue weighted by molar-refractivity contribution is 6.43. The third-order valence-corrected chi connectivity index (χ3v) is 5.60. The highest BCUT2D eigenvalue weighted by atomic mass is 16.6. The standard InChI is InChI=1S/C23H31BN4O5/c1-13(2)11-19(24(31)32)26-22(29)18-12-17(28-33-18)20(14(3)4)27-23(30)21-16-8-6-5-7-15(16)9-10-25-21/h5-10,13-14,18-20,31-32H,11-12H2,1-4H3,(H,26,29)(H,27,30). The van der Waals surface area contributed by atoms with Gasteiger partial charge < -0.3 is 25.5 Å². The second-order valence-electron chi connectivity index (χ2n) is 9.11. The summed E-state index contributed by atoms with van der Waals surface area (Å²) >= 11 is 0. The molecule has 0 radical (unpaired) electrons. The molecule has 3 rings (SSSR count). The number of rotatable bonds is 9. The van der Waals surface area contributed by atoms with Crippen molar-refractivity contribution >= 4 is 35.4 Å². The van der Waals surface area contributed by atoms with E-state index in [0.29, 0.717) is 17.8 Å². The van der Waals surface area contributed by atoms with Crippen molar-refractivity contribution in [3.05, 3.63) is 42.2 Å². The quantitative estimate of drug-likeness (QED) is 0.426. The number of oxime groups is 1. The molecule has 4 N–H and O–H groups in total. The zero-order chi connectivity index (χ0) is 24.1. The zero-order valence-electron chi connectivity index (χ0n) is 19.4. The molecule has 2 amide bonds. The summed E-state index contributed by atoms with van der Waals surface area (Å²) in [6.07, 6.45) is 1.30. The van der Waals surface area contributed by atoms with E-state index in [9.17, 15) is 19.6 Å². The first-order chi connectivity index (χ1) is 15.7. The van der Waals surface area contributed by atoms with Crippen LogP contribution < -0.4 is 10.6 Å². The maximum atomic E-state index is 13.1. The van der Waals surface area contributed by atoms with E-state index in [0.717, 1.165) is 10.8 Å². The van der Waals surface area contributed by atoms with Crippen LogP contribution in [0.4, 0.5) is 0 Å². The fourth-order valence-electron chi connectivity index (χ4n) is 3.90. The largest absolute Gasteiger partial charge is 0.475 e. The van der Waals surface area contributed by atoms with Crippen molar-refractivity contribution < 1.29 is 24.5 Å². The molecule has 1 aliphatic rings. The summed E-state index contributed by atoms with van der Waals surface area (Å²) in [7, 11) is -1.67. The van der Waals surface area contributed by atoms with Crippen LogP contribution in [-0.2, 0) is 9.63 Å². The highest BCUT2D eigenvalue weighted by Crippen LogP contribution is 2.20. The Morgan fingerprint density at radius 1 is 1.15 bits per heavy atom. The Bertz CT molecular complexity index is 1020. The van der Waals surface area contributed by atoms with Gasteiger partial charge in [-0.2, -0.15) is 0 Å². The SMILES string of the molecule is CC(C)CC(NC(=O)C1CC(C(NC(=O)c2nccc3ccccc23)C(C)C)=NO1)B(O)O. The molecule has 1 aliphatic heterocycles. The van der Waals surface area contributed by atoms with Crippen molar-refractivity contribution in [2.75, 3.05) is 0 Å². The first kappa shape index (κ1) is 24.7. The molecule has 2 heterocycles. The lowest BCUT2D eigenvalue weighted by molar-refractivity contribution is -0.131. The lowest BCUT2D eigenvalue weighted by Crippen LogP contribution is -2.51. The number of carbonyl (C=O) groups is 2. The molecule has 0 spiro atoms. The Labute approximate surface area is 193 Å². The van der Waals surface area contributed by atoms with Gasteiger partial charge in [-0.05, 0) is 29.7 Å². The minimum atomic E-state index is -1.67. The van der Waals surface area contributed by atoms with Crippen LogP contribution in [0.1, 0.15) is 51.0 Å². The van der Waals surface area contributed by atoms with E-state index < -0.39 is 31.1 Å². The molecule has 176 valence electrons. The second kappa shape index (κ2) is 10.8. The van der Waals surface area contributed by atoms with Gasteiger partial charge in [-0.25, -0.2) is 0 Å². The first-order valence-electron chi connectivity index (χ1n) is 11.2. The van der Waals surface area contributed by atoms with Gasteiger partial charge in [-0.3, -0.25) is 14.6 Å². The van der Waals surface area contributed by atoms with Gasteiger partial charge in [0.25, 0.3) is 11.8 Å². The normalized spacial score (nSPS) is 17.5. The van der Waals surface area contributed by atoms with Crippen molar-refractivity contribution in [3.8, 4) is 0 Å². The zero-order valence-corrected chi connectivity index (χ0v) is 19.4. The van der Waals surface area contributed by atoms with Gasteiger partial charge in [-0.1, -0.05) is 57.1 Å². The second-order valence-corrected chi connectivity index (χ2v) is 9.11. The molecule has 0 saturated heterocycles. The molecule has 0 aliphatic carbocycles. The average Bonchev–Trinajstić information content (AvgIpc) is 3.25. The minimum absolute atomic E-state index is 0.0129. The molecule has 0 saturated carbocycles. The Hall–Kier alpha value is -2.98. The smallest absolute Gasteiger partial charge is 0.426 e. The van der Waals surface area contributed by atoms with Gasteiger partial charge in [0.05, 0.1) is 17.7 Å². The van der Waals surface area contributed by atoms with Crippen molar-refractivity contribution in [2.24, 2.45) is 17.0 Å². The molecule has 1 aromatic heterocycles. The van der Waals surface area contributed by atoms with Crippen LogP contribution >= 0.6 is 0 Å². The molecule has 2 aromatic rings. The number of aromatic nitrogens is 1. The van der Waals surface area contributed by atoms with Crippen molar-refractivity contribution in [1.82, 2.24) is 15.6 Å². The Morgan fingerprint density at radius 3 is 2.55 bits per heavy atom. The fourth-order valence-corrected chi connectivity index (χ4v) is 3.90. The lowest BCUT2D eigenvalue weighted by atomic mass is 9.75. The van der Waals surface area contributed by atoms with E-state index in [2.05, 4.69) is 20.8 Å². The third-order valence-electron chi connectivity index (χ3n) is 5.60. The molecule has 33 heavy (non-hydrogen) atoms. The number of nitrogens with one attached hydrogen (secondary N) is 2. The van der Waals surface area contributed by atoms with Gasteiger partial charge in [-0.15, -0.1) is 0 Å². The molecule has 3 atom stereocenters. The summed E-state index contributed by atoms with van der Waals surface area (Å²) < 4.78 is 0. The summed E-state index contributed by atoms with van der Waals surface area (Å²) in [6, 6.07) is 8.92. The number of fused-ring (bicyclic) bond motifs is 1. The number of nitrogens with zero attached hydrogens (tertiary/aromatic N) is 2. The molecule has 9 nitrogen and oxygen atoms in total. The number of hydrogen-bond donors (Lipinski definition) is 4. The predicted molar refractivity (Wildman–Crippen MR) is 126 cm³/mol. The molecule has 0 bridgehead atoms. The van der Waals surface area contributed by atoms with Gasteiger partial charge in [0.15, 0.2) is 0 Å². The number of amides is 2. The fraction of sp³-hybridized carbons (Fsp3) is 0.478. The number of benzene rings is 1. The van der Waals surface area contributed by atoms with Gasteiger partial charge in [0, 0.05) is 18.0 Å². The van der Waals surface area contributed by atoms with E-state index in [4.69, 9.17) is 4.84 Å². The lowest BCUT2D eigenvalue weighted by Gasteiger charge is -2.22. The van der Waals surface area contributed by atoms with Crippen LogP contribution in [0.15, 0.2) is 41.7 Å². The van der Waals surface area contributed by atoms with E-state index >= 15 is 0 Å². The van der Waals surface area contributed by atoms with E-state index in [-0.39, 0.29) is 24.2 Å². The van der Waals surface area contributed by atoms with E-state index in [1.165, 1.54) is 0 Å². The first-order valence-corrected chi connectivity index (χ1v) is 11.2. The van der Waals surface area contributed by atoms with E-state index in [1.807, 2.05) is 58.0 Å². The van der Waals surface area contributed by atoms with Crippen LogP contribution in [0.5, 0.6) is 0 Å². The maximum Gasteiger partial charge on any atom is 0.475 e. The number of hydrogen-bond acceptors (Lipinski definition) is 7. The van der Waals surface area contributed by atoms with Crippen LogP contribution in [-0.4, -0.2) is 57.8 Å². The molecule has 1 aromatic carbocycles. The van der Waals surface area contributed by atoms with Gasteiger partial charge in [0.2, 0.25) is 6.10 Å². The molecule has 0 fully saturated rings. The topological polar surface area (TPSA) is 133 Å². The van der Waals surface area contributed by atoms with E-state index in [1.54, 1.807) is 6.20 Å². The number of pyridine rings is 1. The van der Waals surface area contributed by atoms with Crippen LogP contribution in [0.3, 0.4) is 0 Å². The Balaban J connectivity index is 1.68. The summed E-state index contributed by atoms with van der Waals surface area (Å²) in [5.41, 5.74) is 0.865. The maximum absolute atomic E-state index is 13.1. The average molecular weight is 454 g/mol. The molecular weight excluding hydrogens is 423 g/mol. The highest BCUT2D eigenvalue weighted by Gasteiger charge is 2.36. The molecular formula is C23H31BN4O5. The van der Waals surface area contributed by atoms with Crippen LogP contribution in [0.25, 0.3) is 10.8 Å². The predicted octanol–water partition coefficient (Wildman–Crippen LogP) is 1.68. The number of carbonyl (C=O) groups excluding carboxylic acids is 2. The Kier molecular flexibility index (Phi) is 8.04. The third kappa shape index (κ3) is 6.08. The summed E-state index contributed by atoms with van der Waals surface area (Å²) in [5.74, 6) is -1.46. The van der Waals surface area contributed by atoms with Gasteiger partial charge in [0.1, 0.15) is 5.69 Å². The monoisotopic (exact) mass is 454 g/mol. The van der Waals surface area contributed by atoms with Crippen LogP contribution in [0.2, 0.25) is 0 Å². The van der Waals surface area contributed by atoms with Crippen molar-refractivity contribution in [3.63, 3.8) is 0 Å². The molecule has 3 unspecified atom stereocenters. The Morgan fingerprint density at radius 2 is 1.88 bits per heavy atom. The molecule has 10 heteroatoms. The van der Waals surface area contributed by atoms with Crippen LogP contribution in [0, 0.1) is 11.8 Å². The summed E-state index contributed by atoms with van der Waals surface area (Å²) in [4.78, 5) is 35.3. The van der Waals surface area contributed by atoms with Gasteiger partial charge >= 0.3 is 7.12 Å². The minimum Gasteiger partial charge on any atom is -0.426 e. The summed E-state index contributed by atoms with van der Waals surface area (Å²) in [5, 5.41) is 30.5. The summed E-state index contributed by atoms with van der Waals surface area (Å²) in [6.45, 7) is 7.74. The van der Waals surface area contributed by atoms with Crippen molar-refractivity contribution in [2.45, 2.75) is 58.6 Å².